The number of benzene rings is 2. The van der Waals surface area contributed by atoms with E-state index < -0.39 is 0 Å². The van der Waals surface area contributed by atoms with Crippen LogP contribution in [-0.4, -0.2) is 7.11 Å². The molecule has 0 fully saturated rings. The van der Waals surface area contributed by atoms with Crippen molar-refractivity contribution in [3.8, 4) is 16.9 Å². The van der Waals surface area contributed by atoms with Crippen LogP contribution in [0, 0.1) is 20.8 Å². The molecular formula is C17H21NO. The lowest BCUT2D eigenvalue weighted by Gasteiger charge is -2.13. The fourth-order valence-corrected chi connectivity index (χ4v) is 2.38. The highest BCUT2D eigenvalue weighted by molar-refractivity contribution is 5.70. The molecule has 2 heteroatoms. The van der Waals surface area contributed by atoms with Gasteiger partial charge in [0.2, 0.25) is 0 Å². The lowest BCUT2D eigenvalue weighted by atomic mass is 9.94. The summed E-state index contributed by atoms with van der Waals surface area (Å²) in [4.78, 5) is 0. The molecule has 0 amide bonds. The molecule has 0 saturated carbocycles. The molecule has 2 aromatic rings. The Balaban J connectivity index is 2.56. The van der Waals surface area contributed by atoms with Crippen LogP contribution in [0.5, 0.6) is 5.75 Å². The number of methoxy groups -OCH3 is 1. The van der Waals surface area contributed by atoms with Crippen LogP contribution in [0.1, 0.15) is 22.3 Å². The monoisotopic (exact) mass is 255 g/mol. The normalized spacial score (nSPS) is 10.6. The van der Waals surface area contributed by atoms with Crippen LogP contribution in [0.15, 0.2) is 30.3 Å². The van der Waals surface area contributed by atoms with E-state index >= 15 is 0 Å². The van der Waals surface area contributed by atoms with E-state index in [1.807, 2.05) is 6.07 Å². The van der Waals surface area contributed by atoms with E-state index in [2.05, 4.69) is 45.0 Å². The first kappa shape index (κ1) is 13.6. The van der Waals surface area contributed by atoms with Gasteiger partial charge in [0, 0.05) is 12.1 Å². The first-order chi connectivity index (χ1) is 9.06. The van der Waals surface area contributed by atoms with Gasteiger partial charge >= 0.3 is 0 Å². The summed E-state index contributed by atoms with van der Waals surface area (Å²) in [6, 6.07) is 10.7. The first-order valence-corrected chi connectivity index (χ1v) is 6.52. The Labute approximate surface area is 115 Å². The Morgan fingerprint density at radius 3 is 2.26 bits per heavy atom. The van der Waals surface area contributed by atoms with Gasteiger partial charge in [-0.2, -0.15) is 0 Å². The Kier molecular flexibility index (Phi) is 3.91. The zero-order valence-corrected chi connectivity index (χ0v) is 12.1. The van der Waals surface area contributed by atoms with E-state index in [-0.39, 0.29) is 0 Å². The molecule has 0 saturated heterocycles. The number of nitrogens with two attached hydrogens (primary N) is 1. The van der Waals surface area contributed by atoms with Gasteiger partial charge in [0.25, 0.3) is 0 Å². The third-order valence-electron chi connectivity index (χ3n) is 3.65. The zero-order chi connectivity index (χ0) is 14.0. The van der Waals surface area contributed by atoms with Crippen LogP contribution in [0.2, 0.25) is 0 Å². The number of hydrogen-bond donors (Lipinski definition) is 1. The van der Waals surface area contributed by atoms with Crippen molar-refractivity contribution in [2.24, 2.45) is 5.73 Å². The second kappa shape index (κ2) is 5.45. The Hall–Kier alpha value is -1.80. The molecule has 0 bridgehead atoms. The minimum Gasteiger partial charge on any atom is -0.496 e. The number of ether oxygens (including phenoxy) is 1. The standard InChI is InChI=1S/C17H21NO/c1-11-7-13(3)16(8-12(11)2)14-5-6-17(19-4)15(9-14)10-18/h5-9H,10,18H2,1-4H3. The minimum atomic E-state index is 0.487. The Morgan fingerprint density at radius 2 is 1.63 bits per heavy atom. The molecule has 0 aliphatic heterocycles. The molecule has 0 spiro atoms. The number of rotatable bonds is 3. The largest absolute Gasteiger partial charge is 0.496 e. The molecule has 0 aliphatic carbocycles. The van der Waals surface area contributed by atoms with Crippen LogP contribution >= 0.6 is 0 Å². The second-order valence-corrected chi connectivity index (χ2v) is 4.98. The van der Waals surface area contributed by atoms with E-state index in [0.29, 0.717) is 6.54 Å². The van der Waals surface area contributed by atoms with Crippen molar-refractivity contribution in [1.29, 1.82) is 0 Å². The maximum atomic E-state index is 5.79. The van der Waals surface area contributed by atoms with Crippen molar-refractivity contribution in [1.82, 2.24) is 0 Å². The van der Waals surface area contributed by atoms with E-state index in [1.54, 1.807) is 7.11 Å². The molecule has 0 radical (unpaired) electrons. The Bertz CT molecular complexity index is 602. The molecule has 100 valence electrons. The molecule has 2 N–H and O–H groups in total. The topological polar surface area (TPSA) is 35.2 Å². The van der Waals surface area contributed by atoms with Crippen LogP contribution in [0.3, 0.4) is 0 Å². The van der Waals surface area contributed by atoms with Gasteiger partial charge in [0.15, 0.2) is 0 Å². The average Bonchev–Trinajstić information content (AvgIpc) is 2.42. The lowest BCUT2D eigenvalue weighted by molar-refractivity contribution is 0.410. The second-order valence-electron chi connectivity index (χ2n) is 4.98. The van der Waals surface area contributed by atoms with Crippen molar-refractivity contribution < 1.29 is 4.74 Å². The van der Waals surface area contributed by atoms with Crippen LogP contribution < -0.4 is 10.5 Å². The molecule has 2 nitrogen and oxygen atoms in total. The molecule has 0 heterocycles. The minimum absolute atomic E-state index is 0.487. The van der Waals surface area contributed by atoms with Gasteiger partial charge in [0.1, 0.15) is 5.75 Å². The van der Waals surface area contributed by atoms with Gasteiger partial charge in [-0.3, -0.25) is 0 Å². The number of aryl methyl sites for hydroxylation is 3. The van der Waals surface area contributed by atoms with Crippen molar-refractivity contribution in [2.75, 3.05) is 7.11 Å². The molecule has 0 atom stereocenters. The van der Waals surface area contributed by atoms with Gasteiger partial charge in [-0.25, -0.2) is 0 Å². The van der Waals surface area contributed by atoms with Crippen molar-refractivity contribution in [2.45, 2.75) is 27.3 Å². The summed E-state index contributed by atoms with van der Waals surface area (Å²) in [5.74, 6) is 0.854. The summed E-state index contributed by atoms with van der Waals surface area (Å²) in [6.07, 6.45) is 0. The van der Waals surface area contributed by atoms with Crippen LogP contribution in [0.4, 0.5) is 0 Å². The highest BCUT2D eigenvalue weighted by Crippen LogP contribution is 2.30. The van der Waals surface area contributed by atoms with Crippen molar-refractivity contribution >= 4 is 0 Å². The van der Waals surface area contributed by atoms with Crippen molar-refractivity contribution in [3.63, 3.8) is 0 Å². The fraction of sp³-hybridized carbons (Fsp3) is 0.294. The SMILES string of the molecule is COc1ccc(-c2cc(C)c(C)cc2C)cc1CN. The third-order valence-corrected chi connectivity index (χ3v) is 3.65. The van der Waals surface area contributed by atoms with Gasteiger partial charge < -0.3 is 10.5 Å². The fourth-order valence-electron chi connectivity index (χ4n) is 2.38. The molecule has 19 heavy (non-hydrogen) atoms. The van der Waals surface area contributed by atoms with E-state index in [9.17, 15) is 0 Å². The molecular weight excluding hydrogens is 234 g/mol. The summed E-state index contributed by atoms with van der Waals surface area (Å²) in [6.45, 7) is 6.92. The maximum Gasteiger partial charge on any atom is 0.123 e. The summed E-state index contributed by atoms with van der Waals surface area (Å²) in [5.41, 5.74) is 13.2. The maximum absolute atomic E-state index is 5.79. The smallest absolute Gasteiger partial charge is 0.123 e. The van der Waals surface area contributed by atoms with Gasteiger partial charge in [0.05, 0.1) is 7.11 Å². The van der Waals surface area contributed by atoms with Gasteiger partial charge in [-0.05, 0) is 60.7 Å². The predicted molar refractivity (Wildman–Crippen MR) is 80.5 cm³/mol. The summed E-state index contributed by atoms with van der Waals surface area (Å²) in [5, 5.41) is 0. The number of hydrogen-bond acceptors (Lipinski definition) is 2. The molecule has 0 aromatic heterocycles. The average molecular weight is 255 g/mol. The predicted octanol–water partition coefficient (Wildman–Crippen LogP) is 3.75. The third kappa shape index (κ3) is 2.64. The lowest BCUT2D eigenvalue weighted by Crippen LogP contribution is -2.00. The molecule has 2 aromatic carbocycles. The van der Waals surface area contributed by atoms with E-state index in [1.165, 1.54) is 27.8 Å². The summed E-state index contributed by atoms with van der Waals surface area (Å²) >= 11 is 0. The first-order valence-electron chi connectivity index (χ1n) is 6.52. The zero-order valence-electron chi connectivity index (χ0n) is 12.1. The molecule has 2 rings (SSSR count). The highest BCUT2D eigenvalue weighted by Gasteiger charge is 2.08. The van der Waals surface area contributed by atoms with Crippen LogP contribution in [0.25, 0.3) is 11.1 Å². The van der Waals surface area contributed by atoms with Gasteiger partial charge in [-0.1, -0.05) is 18.2 Å². The summed E-state index contributed by atoms with van der Waals surface area (Å²) < 4.78 is 5.32. The quantitative estimate of drug-likeness (QED) is 0.906. The highest BCUT2D eigenvalue weighted by atomic mass is 16.5. The van der Waals surface area contributed by atoms with Crippen LogP contribution in [-0.2, 0) is 6.54 Å². The van der Waals surface area contributed by atoms with E-state index in [0.717, 1.165) is 11.3 Å². The van der Waals surface area contributed by atoms with Crippen molar-refractivity contribution in [3.05, 3.63) is 52.6 Å². The molecule has 0 unspecified atom stereocenters. The van der Waals surface area contributed by atoms with E-state index in [4.69, 9.17) is 10.5 Å². The molecule has 0 aliphatic rings. The summed E-state index contributed by atoms with van der Waals surface area (Å²) in [7, 11) is 1.68. The van der Waals surface area contributed by atoms with Gasteiger partial charge in [-0.15, -0.1) is 0 Å². The Morgan fingerprint density at radius 1 is 0.947 bits per heavy atom.